The average Bonchev–Trinajstić information content (AvgIpc) is 2.39. The molecule has 0 aliphatic heterocycles. The number of rotatable bonds is 3. The first kappa shape index (κ1) is 20.2. The number of nitrogens with zero attached hydrogens (tertiary/aromatic N) is 2. The van der Waals surface area contributed by atoms with E-state index in [1.165, 1.54) is 0 Å². The fourth-order valence-corrected chi connectivity index (χ4v) is 1.45. The Morgan fingerprint density at radius 2 is 1.57 bits per heavy atom. The molecule has 0 unspecified atom stereocenters. The Hall–Kier alpha value is -2.78. The fourth-order valence-electron chi connectivity index (χ4n) is 0.995. The fraction of sp³-hybridized carbons (Fsp3) is 0. The van der Waals surface area contributed by atoms with Gasteiger partial charge < -0.3 is 27.4 Å². The number of benzene rings is 1. The highest BCUT2D eigenvalue weighted by Gasteiger charge is 2.00. The zero-order valence-electron chi connectivity index (χ0n) is 11.5. The summed E-state index contributed by atoms with van der Waals surface area (Å²) in [6, 6.07) is 4.79. The highest BCUT2D eigenvalue weighted by Crippen LogP contribution is 2.27. The van der Waals surface area contributed by atoms with Gasteiger partial charge in [-0.2, -0.15) is 4.99 Å². The van der Waals surface area contributed by atoms with Crippen molar-refractivity contribution in [3.05, 3.63) is 40.4 Å². The van der Waals surface area contributed by atoms with E-state index in [9.17, 15) is 9.59 Å². The second kappa shape index (κ2) is 10.0. The quantitative estimate of drug-likeness (QED) is 0.301. The molecule has 0 saturated carbocycles. The third-order valence-corrected chi connectivity index (χ3v) is 2.29. The molecule has 0 atom stereocenters. The van der Waals surface area contributed by atoms with Crippen LogP contribution in [-0.4, -0.2) is 34.1 Å². The number of carboxylic acids is 2. The Kier molecular flexibility index (Phi) is 8.82. The van der Waals surface area contributed by atoms with Crippen LogP contribution in [0, 0.1) is 0 Å². The van der Waals surface area contributed by atoms with Gasteiger partial charge in [0.1, 0.15) is 0 Å². The molecular weight excluding hydrogens is 349 g/mol. The van der Waals surface area contributed by atoms with Crippen LogP contribution in [0.2, 0.25) is 10.0 Å². The molecule has 0 spiro atoms. The molecule has 0 heterocycles. The lowest BCUT2D eigenvalue weighted by molar-refractivity contribution is -0.134. The lowest BCUT2D eigenvalue weighted by atomic mass is 10.3. The van der Waals surface area contributed by atoms with Gasteiger partial charge in [-0.25, -0.2) is 14.6 Å². The molecule has 0 aliphatic carbocycles. The Balaban J connectivity index is 0.000000515. The Bertz CT molecular complexity index is 653. The van der Waals surface area contributed by atoms with Gasteiger partial charge in [-0.15, -0.1) is 0 Å². The smallest absolute Gasteiger partial charge is 0.328 e. The standard InChI is InChI=1S/C8H9Cl2N5.C4H4O4/c9-4-1-2-6(5(10)3-4)14-8(13)15-7(11)12;5-3(6)1-2-4(7)8/h1-3H,(H6,11,12,13,14,15);1-2H,(H,5,6)(H,7,8)/b;2-1+. The number of hydrogen-bond acceptors (Lipinski definition) is 3. The predicted octanol–water partition coefficient (Wildman–Crippen LogP) is 0.925. The van der Waals surface area contributed by atoms with Gasteiger partial charge in [-0.05, 0) is 18.2 Å². The summed E-state index contributed by atoms with van der Waals surface area (Å²) in [5.41, 5.74) is 16.1. The van der Waals surface area contributed by atoms with Crippen molar-refractivity contribution in [2.24, 2.45) is 27.2 Å². The molecule has 0 saturated heterocycles. The molecule has 8 N–H and O–H groups in total. The van der Waals surface area contributed by atoms with Gasteiger partial charge in [0.15, 0.2) is 5.96 Å². The van der Waals surface area contributed by atoms with E-state index in [1.807, 2.05) is 0 Å². The highest BCUT2D eigenvalue weighted by molar-refractivity contribution is 6.36. The summed E-state index contributed by atoms with van der Waals surface area (Å²) < 4.78 is 0. The van der Waals surface area contributed by atoms with Crippen LogP contribution in [0.15, 0.2) is 40.3 Å². The second-order valence-corrected chi connectivity index (χ2v) is 4.46. The minimum Gasteiger partial charge on any atom is -0.478 e. The highest BCUT2D eigenvalue weighted by atomic mass is 35.5. The summed E-state index contributed by atoms with van der Waals surface area (Å²) >= 11 is 11.6. The molecule has 0 fully saturated rings. The third-order valence-electron chi connectivity index (χ3n) is 1.76. The van der Waals surface area contributed by atoms with E-state index >= 15 is 0 Å². The summed E-state index contributed by atoms with van der Waals surface area (Å²) in [7, 11) is 0. The zero-order valence-corrected chi connectivity index (χ0v) is 13.0. The number of carboxylic acid groups (broad SMARTS) is 2. The summed E-state index contributed by atoms with van der Waals surface area (Å²) in [5, 5.41) is 16.5. The number of halogens is 2. The minimum absolute atomic E-state index is 0.0702. The molecule has 23 heavy (non-hydrogen) atoms. The minimum atomic E-state index is -1.26. The summed E-state index contributed by atoms with van der Waals surface area (Å²) in [6.07, 6.45) is 1.12. The molecule has 0 aliphatic rings. The summed E-state index contributed by atoms with van der Waals surface area (Å²) in [6.45, 7) is 0. The van der Waals surface area contributed by atoms with E-state index in [0.717, 1.165) is 0 Å². The largest absolute Gasteiger partial charge is 0.478 e. The van der Waals surface area contributed by atoms with E-state index < -0.39 is 11.9 Å². The van der Waals surface area contributed by atoms with Crippen LogP contribution >= 0.6 is 23.2 Å². The van der Waals surface area contributed by atoms with Crippen molar-refractivity contribution in [2.75, 3.05) is 0 Å². The van der Waals surface area contributed by atoms with Crippen LogP contribution in [0.3, 0.4) is 0 Å². The number of nitrogens with two attached hydrogens (primary N) is 3. The van der Waals surface area contributed by atoms with Gasteiger partial charge in [0.05, 0.1) is 10.7 Å². The Morgan fingerprint density at radius 3 is 1.96 bits per heavy atom. The molecule has 0 amide bonds. The van der Waals surface area contributed by atoms with Gasteiger partial charge >= 0.3 is 11.9 Å². The summed E-state index contributed by atoms with van der Waals surface area (Å²) in [5.74, 6) is -2.75. The molecule has 9 nitrogen and oxygen atoms in total. The van der Waals surface area contributed by atoms with Crippen molar-refractivity contribution in [2.45, 2.75) is 0 Å². The molecule has 1 aromatic carbocycles. The van der Waals surface area contributed by atoms with Gasteiger partial charge in [0, 0.05) is 17.2 Å². The van der Waals surface area contributed by atoms with Crippen molar-refractivity contribution >= 4 is 52.7 Å². The number of guanidine groups is 2. The van der Waals surface area contributed by atoms with Crippen LogP contribution in [0.4, 0.5) is 5.69 Å². The van der Waals surface area contributed by atoms with Gasteiger partial charge in [0.25, 0.3) is 0 Å². The van der Waals surface area contributed by atoms with Crippen LogP contribution in [0.1, 0.15) is 0 Å². The van der Waals surface area contributed by atoms with Crippen LogP contribution in [-0.2, 0) is 9.59 Å². The van der Waals surface area contributed by atoms with E-state index in [1.54, 1.807) is 18.2 Å². The van der Waals surface area contributed by atoms with E-state index in [-0.39, 0.29) is 11.9 Å². The molecule has 124 valence electrons. The number of aliphatic carboxylic acids is 2. The predicted molar refractivity (Wildman–Crippen MR) is 88.0 cm³/mol. The maximum absolute atomic E-state index is 9.55. The first-order chi connectivity index (χ1) is 10.6. The number of carbonyl (C=O) groups is 2. The third kappa shape index (κ3) is 10.6. The van der Waals surface area contributed by atoms with E-state index in [4.69, 9.17) is 50.6 Å². The van der Waals surface area contributed by atoms with Gasteiger partial charge in [-0.3, -0.25) is 0 Å². The molecule has 0 aromatic heterocycles. The van der Waals surface area contributed by atoms with Crippen molar-refractivity contribution in [1.29, 1.82) is 0 Å². The molecule has 11 heteroatoms. The van der Waals surface area contributed by atoms with Crippen molar-refractivity contribution < 1.29 is 19.8 Å². The Morgan fingerprint density at radius 1 is 1.04 bits per heavy atom. The van der Waals surface area contributed by atoms with E-state index in [2.05, 4.69) is 9.98 Å². The van der Waals surface area contributed by atoms with E-state index in [0.29, 0.717) is 27.9 Å². The molecule has 0 bridgehead atoms. The molecular formula is C12H13Cl2N5O4. The van der Waals surface area contributed by atoms with Crippen LogP contribution in [0.25, 0.3) is 0 Å². The van der Waals surface area contributed by atoms with Crippen molar-refractivity contribution in [1.82, 2.24) is 0 Å². The van der Waals surface area contributed by atoms with Crippen molar-refractivity contribution in [3.63, 3.8) is 0 Å². The maximum atomic E-state index is 9.55. The number of hydrogen-bond donors (Lipinski definition) is 5. The molecule has 1 rings (SSSR count). The topological polar surface area (TPSA) is 177 Å². The second-order valence-electron chi connectivity index (χ2n) is 3.61. The Labute approximate surface area is 140 Å². The SMILES string of the molecule is NC(N)=NC(N)=Nc1ccc(Cl)cc1Cl.O=C(O)/C=C/C(=O)O. The first-order valence-electron chi connectivity index (χ1n) is 5.64. The monoisotopic (exact) mass is 361 g/mol. The van der Waals surface area contributed by atoms with Gasteiger partial charge in [0.2, 0.25) is 5.96 Å². The normalized spacial score (nSPS) is 10.6. The van der Waals surface area contributed by atoms with Crippen LogP contribution < -0.4 is 17.2 Å². The molecule has 1 aromatic rings. The first-order valence-corrected chi connectivity index (χ1v) is 6.40. The lowest BCUT2D eigenvalue weighted by Crippen LogP contribution is -2.26. The number of aliphatic imine (C=N–C) groups is 2. The van der Waals surface area contributed by atoms with Crippen molar-refractivity contribution in [3.8, 4) is 0 Å². The lowest BCUT2D eigenvalue weighted by Gasteiger charge is -1.99. The maximum Gasteiger partial charge on any atom is 0.328 e. The molecule has 0 radical (unpaired) electrons. The summed E-state index contributed by atoms with van der Waals surface area (Å²) in [4.78, 5) is 26.5. The van der Waals surface area contributed by atoms with Gasteiger partial charge in [-0.1, -0.05) is 23.2 Å². The average molecular weight is 362 g/mol. The van der Waals surface area contributed by atoms with Crippen LogP contribution in [0.5, 0.6) is 0 Å². The zero-order chi connectivity index (χ0) is 18.0.